The largest absolute Gasteiger partial charge is 0.416 e. The van der Waals surface area contributed by atoms with Gasteiger partial charge in [0.15, 0.2) is 0 Å². The van der Waals surface area contributed by atoms with E-state index in [1.807, 2.05) is 60.7 Å². The molecule has 12 heteroatoms. The number of carbonyl (C=O) groups excluding carboxylic acids is 2. The first-order valence-corrected chi connectivity index (χ1v) is 14.1. The SMILES string of the molecule is CC(=O)NNC(=O)C1CC2(c3ccccc3)C(OCc3cc(C(F)(F)F)cc(C(F)(F)F)c3)CCC1N2Cc1ccccc1. The number of amides is 2. The standard InChI is InChI=1S/C32H31F6N3O3/c1-20(42)39-40-29(43)26-17-30(23-10-6-3-7-11-23)28(13-12-27(26)41(30)18-21-8-4-2-5-9-21)44-19-22-14-24(31(33,34)35)16-25(15-22)32(36,37)38/h2-11,14-16,26-28H,12-13,17-19H2,1H3,(H,39,42)(H,40,43). The molecule has 4 atom stereocenters. The summed E-state index contributed by atoms with van der Waals surface area (Å²) in [4.78, 5) is 27.1. The molecule has 3 aromatic carbocycles. The Balaban J connectivity index is 1.55. The highest BCUT2D eigenvalue weighted by atomic mass is 19.4. The Kier molecular flexibility index (Phi) is 8.77. The van der Waals surface area contributed by atoms with Gasteiger partial charge in [-0.2, -0.15) is 26.3 Å². The first kappa shape index (κ1) is 31.5. The van der Waals surface area contributed by atoms with Crippen molar-refractivity contribution in [2.75, 3.05) is 0 Å². The van der Waals surface area contributed by atoms with Crippen molar-refractivity contribution in [1.82, 2.24) is 15.8 Å². The summed E-state index contributed by atoms with van der Waals surface area (Å²) in [6, 6.07) is 20.0. The molecule has 234 valence electrons. The van der Waals surface area contributed by atoms with Gasteiger partial charge in [-0.15, -0.1) is 0 Å². The van der Waals surface area contributed by atoms with E-state index >= 15 is 0 Å². The molecule has 0 aromatic heterocycles. The first-order chi connectivity index (χ1) is 20.8. The number of hydrogen-bond donors (Lipinski definition) is 2. The van der Waals surface area contributed by atoms with Crippen molar-refractivity contribution >= 4 is 11.8 Å². The van der Waals surface area contributed by atoms with Crippen LogP contribution in [0.25, 0.3) is 0 Å². The van der Waals surface area contributed by atoms with Crippen LogP contribution in [-0.4, -0.2) is 28.9 Å². The fourth-order valence-electron chi connectivity index (χ4n) is 6.60. The van der Waals surface area contributed by atoms with Crippen molar-refractivity contribution in [3.8, 4) is 0 Å². The molecule has 0 aliphatic carbocycles. The van der Waals surface area contributed by atoms with Crippen molar-refractivity contribution < 1.29 is 40.7 Å². The van der Waals surface area contributed by atoms with Gasteiger partial charge in [0.25, 0.3) is 0 Å². The van der Waals surface area contributed by atoms with E-state index in [4.69, 9.17) is 4.74 Å². The van der Waals surface area contributed by atoms with Gasteiger partial charge >= 0.3 is 12.4 Å². The summed E-state index contributed by atoms with van der Waals surface area (Å²) in [5.74, 6) is -1.43. The maximum Gasteiger partial charge on any atom is 0.416 e. The lowest BCUT2D eigenvalue weighted by molar-refractivity contribution is -0.143. The fraction of sp³-hybridized carbons (Fsp3) is 0.375. The second kappa shape index (κ2) is 12.2. The first-order valence-electron chi connectivity index (χ1n) is 14.1. The van der Waals surface area contributed by atoms with E-state index in [9.17, 15) is 35.9 Å². The fourth-order valence-corrected chi connectivity index (χ4v) is 6.60. The quantitative estimate of drug-likeness (QED) is 0.239. The molecule has 0 saturated carbocycles. The van der Waals surface area contributed by atoms with Crippen LogP contribution in [0.2, 0.25) is 0 Å². The summed E-state index contributed by atoms with van der Waals surface area (Å²) < 4.78 is 87.6. The summed E-state index contributed by atoms with van der Waals surface area (Å²) in [6.07, 6.45) is -9.52. The molecule has 2 fully saturated rings. The number of hydrogen-bond acceptors (Lipinski definition) is 4. The van der Waals surface area contributed by atoms with Gasteiger partial charge in [-0.25, -0.2) is 0 Å². The number of nitrogens with zero attached hydrogens (tertiary/aromatic N) is 1. The Hall–Kier alpha value is -3.90. The van der Waals surface area contributed by atoms with E-state index < -0.39 is 59.5 Å². The van der Waals surface area contributed by atoms with Crippen LogP contribution in [0.3, 0.4) is 0 Å². The van der Waals surface area contributed by atoms with Crippen LogP contribution in [0.1, 0.15) is 54.0 Å². The predicted molar refractivity (Wildman–Crippen MR) is 148 cm³/mol. The Bertz CT molecular complexity index is 1450. The van der Waals surface area contributed by atoms with E-state index in [1.165, 1.54) is 6.92 Å². The molecule has 2 aliphatic rings. The highest BCUT2D eigenvalue weighted by molar-refractivity contribution is 5.83. The highest BCUT2D eigenvalue weighted by Gasteiger charge is 2.61. The number of fused-ring (bicyclic) bond motifs is 2. The van der Waals surface area contributed by atoms with E-state index in [0.717, 1.165) is 11.1 Å². The van der Waals surface area contributed by atoms with Gasteiger partial charge in [-0.1, -0.05) is 60.7 Å². The number of carbonyl (C=O) groups is 2. The van der Waals surface area contributed by atoms with E-state index in [-0.39, 0.29) is 24.1 Å². The molecular formula is C32H31F6N3O3. The molecule has 2 amide bonds. The number of ether oxygens (including phenoxy) is 1. The van der Waals surface area contributed by atoms with Crippen LogP contribution >= 0.6 is 0 Å². The number of alkyl halides is 6. The maximum atomic E-state index is 13.5. The van der Waals surface area contributed by atoms with Crippen molar-refractivity contribution in [2.45, 2.75) is 69.4 Å². The predicted octanol–water partition coefficient (Wildman–Crippen LogP) is 6.36. The minimum absolute atomic E-state index is 0.0943. The third-order valence-electron chi connectivity index (χ3n) is 8.43. The number of rotatable bonds is 7. The summed E-state index contributed by atoms with van der Waals surface area (Å²) in [5.41, 5.74) is 2.55. The minimum Gasteiger partial charge on any atom is -0.371 e. The van der Waals surface area contributed by atoms with E-state index in [2.05, 4.69) is 15.8 Å². The van der Waals surface area contributed by atoms with E-state index in [0.29, 0.717) is 31.5 Å². The van der Waals surface area contributed by atoms with Gasteiger partial charge in [0, 0.05) is 19.5 Å². The molecule has 2 heterocycles. The molecule has 2 aliphatic heterocycles. The lowest BCUT2D eigenvalue weighted by atomic mass is 9.78. The van der Waals surface area contributed by atoms with Crippen LogP contribution in [0.15, 0.2) is 78.9 Å². The van der Waals surface area contributed by atoms with Crippen molar-refractivity contribution in [1.29, 1.82) is 0 Å². The Morgan fingerprint density at radius 1 is 0.841 bits per heavy atom. The highest BCUT2D eigenvalue weighted by Crippen LogP contribution is 2.55. The lowest BCUT2D eigenvalue weighted by Gasteiger charge is -2.50. The summed E-state index contributed by atoms with van der Waals surface area (Å²) in [7, 11) is 0. The topological polar surface area (TPSA) is 70.7 Å². The number of nitrogens with one attached hydrogen (secondary N) is 2. The number of hydrazine groups is 1. The zero-order valence-corrected chi connectivity index (χ0v) is 23.7. The van der Waals surface area contributed by atoms with Gasteiger partial charge in [0.05, 0.1) is 35.3 Å². The van der Waals surface area contributed by atoms with Crippen LogP contribution in [0.4, 0.5) is 26.3 Å². The van der Waals surface area contributed by atoms with Gasteiger partial charge in [-0.05, 0) is 54.2 Å². The van der Waals surface area contributed by atoms with Crippen LogP contribution < -0.4 is 10.9 Å². The van der Waals surface area contributed by atoms with Gasteiger partial charge < -0.3 is 4.74 Å². The number of halogens is 6. The summed E-state index contributed by atoms with van der Waals surface area (Å²) >= 11 is 0. The average Bonchev–Trinajstić information content (AvgIpc) is 3.19. The van der Waals surface area contributed by atoms with Gasteiger partial charge in [-0.3, -0.25) is 25.3 Å². The average molecular weight is 620 g/mol. The molecule has 44 heavy (non-hydrogen) atoms. The van der Waals surface area contributed by atoms with Crippen molar-refractivity contribution in [3.63, 3.8) is 0 Å². The minimum atomic E-state index is -4.98. The lowest BCUT2D eigenvalue weighted by Crippen LogP contribution is -2.56. The molecule has 2 N–H and O–H groups in total. The zero-order valence-electron chi connectivity index (χ0n) is 23.7. The third-order valence-corrected chi connectivity index (χ3v) is 8.43. The Labute approximate surface area is 250 Å². The van der Waals surface area contributed by atoms with Crippen LogP contribution in [0.5, 0.6) is 0 Å². The third kappa shape index (κ3) is 6.46. The molecular weight excluding hydrogens is 588 g/mol. The molecule has 4 unspecified atom stereocenters. The van der Waals surface area contributed by atoms with Crippen molar-refractivity contribution in [2.24, 2.45) is 5.92 Å². The monoisotopic (exact) mass is 619 g/mol. The van der Waals surface area contributed by atoms with Crippen LogP contribution in [-0.2, 0) is 45.4 Å². The second-order valence-corrected chi connectivity index (χ2v) is 11.2. The molecule has 5 rings (SSSR count). The summed E-state index contributed by atoms with van der Waals surface area (Å²) in [5, 5.41) is 0. The number of piperidine rings is 1. The van der Waals surface area contributed by atoms with Crippen molar-refractivity contribution in [3.05, 3.63) is 107 Å². The Morgan fingerprint density at radius 3 is 2.00 bits per heavy atom. The Morgan fingerprint density at radius 2 is 1.43 bits per heavy atom. The summed E-state index contributed by atoms with van der Waals surface area (Å²) in [6.45, 7) is 1.17. The zero-order chi connectivity index (χ0) is 31.7. The molecule has 0 spiro atoms. The van der Waals surface area contributed by atoms with E-state index in [1.54, 1.807) is 0 Å². The second-order valence-electron chi connectivity index (χ2n) is 11.2. The van der Waals surface area contributed by atoms with Gasteiger partial charge in [0.1, 0.15) is 0 Å². The molecule has 2 bridgehead atoms. The molecule has 3 aromatic rings. The normalized spacial score (nSPS) is 23.8. The molecule has 2 saturated heterocycles. The number of benzene rings is 3. The maximum absolute atomic E-state index is 13.5. The molecule has 6 nitrogen and oxygen atoms in total. The van der Waals surface area contributed by atoms with Crippen LogP contribution in [0, 0.1) is 5.92 Å². The van der Waals surface area contributed by atoms with Gasteiger partial charge in [0.2, 0.25) is 11.8 Å². The smallest absolute Gasteiger partial charge is 0.371 e. The molecule has 0 radical (unpaired) electrons.